The Labute approximate surface area is 179 Å². The van der Waals surface area contributed by atoms with Crippen LogP contribution in [-0.2, 0) is 13.0 Å². The molecular weight excluding hydrogens is 453 g/mol. The number of aryl methyl sites for hydroxylation is 1. The summed E-state index contributed by atoms with van der Waals surface area (Å²) in [4.78, 5) is 4.29. The fourth-order valence-corrected chi connectivity index (χ4v) is 2.74. The summed E-state index contributed by atoms with van der Waals surface area (Å²) in [5.41, 5.74) is 3.58. The first-order valence-electron chi connectivity index (χ1n) is 8.96. The van der Waals surface area contributed by atoms with Crippen molar-refractivity contribution in [3.05, 3.63) is 59.2 Å². The Morgan fingerprint density at radius 3 is 2.63 bits per heavy atom. The molecule has 2 N–H and O–H groups in total. The van der Waals surface area contributed by atoms with Crippen LogP contribution in [0, 0.1) is 6.92 Å². The van der Waals surface area contributed by atoms with Crippen molar-refractivity contribution in [3.63, 3.8) is 0 Å². The lowest BCUT2D eigenvalue weighted by molar-refractivity contribution is 0.340. The lowest BCUT2D eigenvalue weighted by atomic mass is 10.1. The molecule has 0 amide bonds. The Bertz CT molecular complexity index is 735. The van der Waals surface area contributed by atoms with Crippen LogP contribution >= 0.6 is 24.0 Å². The van der Waals surface area contributed by atoms with E-state index in [1.165, 1.54) is 11.1 Å². The summed E-state index contributed by atoms with van der Waals surface area (Å²) in [5, 5.41) is 6.68. The van der Waals surface area contributed by atoms with Crippen LogP contribution in [0.2, 0.25) is 0 Å². The van der Waals surface area contributed by atoms with Gasteiger partial charge in [-0.2, -0.15) is 0 Å². The zero-order chi connectivity index (χ0) is 18.8. The van der Waals surface area contributed by atoms with Gasteiger partial charge < -0.3 is 20.1 Å². The summed E-state index contributed by atoms with van der Waals surface area (Å²) in [6.45, 7) is 6.21. The van der Waals surface area contributed by atoms with E-state index in [0.29, 0.717) is 13.2 Å². The first kappa shape index (κ1) is 23.1. The fourth-order valence-electron chi connectivity index (χ4n) is 2.74. The monoisotopic (exact) mass is 483 g/mol. The quantitative estimate of drug-likeness (QED) is 0.340. The molecular formula is C21H30IN3O2. The molecule has 0 aliphatic rings. The van der Waals surface area contributed by atoms with Gasteiger partial charge in [-0.3, -0.25) is 4.99 Å². The summed E-state index contributed by atoms with van der Waals surface area (Å²) in [6.07, 6.45) is 0.866. The number of nitrogens with one attached hydrogen (secondary N) is 2. The van der Waals surface area contributed by atoms with Crippen LogP contribution in [-0.4, -0.2) is 33.3 Å². The second kappa shape index (κ2) is 12.4. The highest BCUT2D eigenvalue weighted by atomic mass is 127. The lowest BCUT2D eigenvalue weighted by Gasteiger charge is -2.14. The number of methoxy groups -OCH3 is 1. The number of benzene rings is 2. The van der Waals surface area contributed by atoms with Crippen molar-refractivity contribution < 1.29 is 9.47 Å². The Hall–Kier alpha value is -1.96. The van der Waals surface area contributed by atoms with Crippen LogP contribution in [0.25, 0.3) is 0 Å². The maximum absolute atomic E-state index is 5.54. The van der Waals surface area contributed by atoms with E-state index in [0.717, 1.165) is 36.0 Å². The summed E-state index contributed by atoms with van der Waals surface area (Å²) < 4.78 is 11.0. The van der Waals surface area contributed by atoms with Crippen molar-refractivity contribution >= 4 is 29.9 Å². The molecule has 0 aliphatic carbocycles. The second-order valence-electron chi connectivity index (χ2n) is 6.00. The smallest absolute Gasteiger partial charge is 0.191 e. The molecule has 0 aliphatic heterocycles. The fraction of sp³-hybridized carbons (Fsp3) is 0.381. The van der Waals surface area contributed by atoms with Gasteiger partial charge in [0.15, 0.2) is 5.96 Å². The zero-order valence-corrected chi connectivity index (χ0v) is 18.9. The number of nitrogens with zero attached hydrogens (tertiary/aromatic N) is 1. The summed E-state index contributed by atoms with van der Waals surface area (Å²) in [5.74, 6) is 2.59. The first-order valence-corrected chi connectivity index (χ1v) is 8.96. The molecule has 0 fully saturated rings. The summed E-state index contributed by atoms with van der Waals surface area (Å²) >= 11 is 0. The van der Waals surface area contributed by atoms with Gasteiger partial charge in [-0.25, -0.2) is 0 Å². The van der Waals surface area contributed by atoms with E-state index in [2.05, 4.69) is 40.7 Å². The average molecular weight is 483 g/mol. The molecule has 5 nitrogen and oxygen atoms in total. The van der Waals surface area contributed by atoms with Crippen molar-refractivity contribution in [3.8, 4) is 11.5 Å². The molecule has 27 heavy (non-hydrogen) atoms. The molecule has 2 rings (SSSR count). The van der Waals surface area contributed by atoms with Crippen molar-refractivity contribution in [2.75, 3.05) is 27.3 Å². The largest absolute Gasteiger partial charge is 0.496 e. The highest BCUT2D eigenvalue weighted by Crippen LogP contribution is 2.19. The molecule has 0 radical (unpaired) electrons. The minimum Gasteiger partial charge on any atom is -0.496 e. The van der Waals surface area contributed by atoms with Gasteiger partial charge in [0.1, 0.15) is 11.5 Å². The van der Waals surface area contributed by atoms with E-state index in [1.807, 2.05) is 31.2 Å². The molecule has 0 bridgehead atoms. The third-order valence-electron chi connectivity index (χ3n) is 4.02. The van der Waals surface area contributed by atoms with Gasteiger partial charge in [-0.1, -0.05) is 29.8 Å². The molecule has 2 aromatic rings. The predicted octanol–water partition coefficient (Wildman–Crippen LogP) is 3.93. The maximum Gasteiger partial charge on any atom is 0.191 e. The molecule has 148 valence electrons. The van der Waals surface area contributed by atoms with Crippen LogP contribution in [0.15, 0.2) is 47.5 Å². The molecule has 0 atom stereocenters. The van der Waals surface area contributed by atoms with E-state index in [9.17, 15) is 0 Å². The van der Waals surface area contributed by atoms with Gasteiger partial charge in [0, 0.05) is 20.1 Å². The third-order valence-corrected chi connectivity index (χ3v) is 4.02. The first-order chi connectivity index (χ1) is 12.7. The van der Waals surface area contributed by atoms with E-state index in [-0.39, 0.29) is 24.0 Å². The Kier molecular flexibility index (Phi) is 10.6. The molecule has 0 saturated heterocycles. The predicted molar refractivity (Wildman–Crippen MR) is 123 cm³/mol. The molecule has 0 saturated carbocycles. The van der Waals surface area contributed by atoms with Gasteiger partial charge in [0.25, 0.3) is 0 Å². The third kappa shape index (κ3) is 7.66. The van der Waals surface area contributed by atoms with Gasteiger partial charge in [-0.05, 0) is 49.6 Å². The number of aliphatic imine (C=N–C) groups is 1. The van der Waals surface area contributed by atoms with Crippen LogP contribution in [0.5, 0.6) is 11.5 Å². The van der Waals surface area contributed by atoms with Crippen LogP contribution in [0.4, 0.5) is 0 Å². The molecule has 0 unspecified atom stereocenters. The van der Waals surface area contributed by atoms with Crippen LogP contribution in [0.1, 0.15) is 23.6 Å². The maximum atomic E-state index is 5.54. The van der Waals surface area contributed by atoms with E-state index >= 15 is 0 Å². The van der Waals surface area contributed by atoms with Crippen molar-refractivity contribution in [1.82, 2.24) is 10.6 Å². The van der Waals surface area contributed by atoms with Gasteiger partial charge in [0.05, 0.1) is 13.7 Å². The number of ether oxygens (including phenoxy) is 2. The molecule has 0 spiro atoms. The number of halogens is 1. The van der Waals surface area contributed by atoms with Crippen LogP contribution < -0.4 is 20.1 Å². The van der Waals surface area contributed by atoms with Gasteiger partial charge >= 0.3 is 0 Å². The van der Waals surface area contributed by atoms with Gasteiger partial charge in [0.2, 0.25) is 0 Å². The minimum absolute atomic E-state index is 0. The topological polar surface area (TPSA) is 54.9 Å². The summed E-state index contributed by atoms with van der Waals surface area (Å²) in [7, 11) is 3.48. The number of hydrogen-bond acceptors (Lipinski definition) is 3. The second-order valence-corrected chi connectivity index (χ2v) is 6.00. The lowest BCUT2D eigenvalue weighted by Crippen LogP contribution is -2.37. The average Bonchev–Trinajstić information content (AvgIpc) is 2.65. The normalized spacial score (nSPS) is 10.7. The number of hydrogen-bond donors (Lipinski definition) is 2. The molecule has 6 heteroatoms. The molecule has 0 heterocycles. The zero-order valence-electron chi connectivity index (χ0n) is 16.5. The standard InChI is InChI=1S/C21H29N3O2.HI/c1-5-26-19-8-6-7-17(14-19)15-24-21(22-3)23-12-11-18-13-16(2)9-10-20(18)25-4;/h6-10,13-14H,5,11-12,15H2,1-4H3,(H2,22,23,24);1H. The molecule has 2 aromatic carbocycles. The molecule has 0 aromatic heterocycles. The minimum atomic E-state index is 0. The van der Waals surface area contributed by atoms with Crippen molar-refractivity contribution in [2.24, 2.45) is 4.99 Å². The highest BCUT2D eigenvalue weighted by Gasteiger charge is 2.04. The SMILES string of the molecule is CCOc1cccc(CNC(=NC)NCCc2cc(C)ccc2OC)c1.I. The Balaban J connectivity index is 0.00000364. The van der Waals surface area contributed by atoms with E-state index in [1.54, 1.807) is 14.2 Å². The Morgan fingerprint density at radius 1 is 1.11 bits per heavy atom. The van der Waals surface area contributed by atoms with Crippen molar-refractivity contribution in [1.29, 1.82) is 0 Å². The van der Waals surface area contributed by atoms with Crippen molar-refractivity contribution in [2.45, 2.75) is 26.8 Å². The number of rotatable bonds is 8. The number of guanidine groups is 1. The summed E-state index contributed by atoms with van der Waals surface area (Å²) in [6, 6.07) is 14.3. The van der Waals surface area contributed by atoms with E-state index < -0.39 is 0 Å². The van der Waals surface area contributed by atoms with Gasteiger partial charge in [-0.15, -0.1) is 24.0 Å². The van der Waals surface area contributed by atoms with E-state index in [4.69, 9.17) is 9.47 Å². The highest BCUT2D eigenvalue weighted by molar-refractivity contribution is 14.0. The Morgan fingerprint density at radius 2 is 1.93 bits per heavy atom. The van der Waals surface area contributed by atoms with Crippen LogP contribution in [0.3, 0.4) is 0 Å².